The van der Waals surface area contributed by atoms with Gasteiger partial charge >= 0.3 is 0 Å². The third kappa shape index (κ3) is 3.65. The second-order valence-corrected chi connectivity index (χ2v) is 6.77. The Morgan fingerprint density at radius 2 is 2.04 bits per heavy atom. The Kier molecular flexibility index (Phi) is 4.53. The molecule has 2 N–H and O–H groups in total. The van der Waals surface area contributed by atoms with Gasteiger partial charge in [0, 0.05) is 31.9 Å². The Hall–Kier alpha value is -2.06. The summed E-state index contributed by atoms with van der Waals surface area (Å²) in [5.41, 5.74) is 6.30. The minimum Gasteiger partial charge on any atom is -0.368 e. The largest absolute Gasteiger partial charge is 0.368 e. The van der Waals surface area contributed by atoms with Gasteiger partial charge < -0.3 is 10.6 Å². The average Bonchev–Trinajstić information content (AvgIpc) is 2.93. The minimum atomic E-state index is -0.605. The molecule has 1 aliphatic rings. The van der Waals surface area contributed by atoms with Gasteiger partial charge in [0.05, 0.1) is 12.1 Å². The van der Waals surface area contributed by atoms with Crippen LogP contribution >= 0.6 is 11.3 Å². The summed E-state index contributed by atoms with van der Waals surface area (Å²) in [4.78, 5) is 15.9. The fraction of sp³-hybridized carbons (Fsp3) is 0.400. The van der Waals surface area contributed by atoms with Crippen LogP contribution in [0.3, 0.4) is 0 Å². The molecule has 3 rings (SSSR count). The van der Waals surface area contributed by atoms with Gasteiger partial charge in [0.1, 0.15) is 15.8 Å². The molecule has 1 fully saturated rings. The van der Waals surface area contributed by atoms with Crippen LogP contribution in [-0.4, -0.2) is 47.2 Å². The van der Waals surface area contributed by atoms with Crippen molar-refractivity contribution in [3.8, 4) is 0 Å². The summed E-state index contributed by atoms with van der Waals surface area (Å²) in [7, 11) is 0. The Morgan fingerprint density at radius 3 is 2.65 bits per heavy atom. The molecule has 0 aliphatic carbocycles. The molecule has 0 bridgehead atoms. The summed E-state index contributed by atoms with van der Waals surface area (Å²) in [6, 6.07) is 4.19. The van der Waals surface area contributed by atoms with Crippen LogP contribution < -0.4 is 10.6 Å². The molecule has 122 valence electrons. The molecule has 8 heteroatoms. The number of nitrogens with two attached hydrogens (primary N) is 1. The number of benzene rings is 1. The molecule has 0 saturated carbocycles. The van der Waals surface area contributed by atoms with Gasteiger partial charge in [-0.15, -0.1) is 21.5 Å². The first-order chi connectivity index (χ1) is 11.0. The van der Waals surface area contributed by atoms with E-state index in [1.165, 1.54) is 12.1 Å². The lowest BCUT2D eigenvalue weighted by Gasteiger charge is -2.36. The van der Waals surface area contributed by atoms with E-state index >= 15 is 0 Å². The van der Waals surface area contributed by atoms with Gasteiger partial charge in [-0.05, 0) is 25.1 Å². The minimum absolute atomic E-state index is 0.234. The molecule has 1 aliphatic heterocycles. The first kappa shape index (κ1) is 15.8. The highest BCUT2D eigenvalue weighted by Gasteiger charge is 2.22. The van der Waals surface area contributed by atoms with E-state index in [-0.39, 0.29) is 5.56 Å². The van der Waals surface area contributed by atoms with Crippen molar-refractivity contribution >= 4 is 22.9 Å². The van der Waals surface area contributed by atoms with Crippen molar-refractivity contribution in [3.05, 3.63) is 39.6 Å². The molecule has 0 spiro atoms. The van der Waals surface area contributed by atoms with Crippen LogP contribution in [0.4, 0.5) is 10.1 Å². The standard InChI is InChI=1S/C15H18FN5OS/c1-10-18-19-14(23-10)9-20-4-6-21(7-5-20)13-3-2-11(16)8-12(13)15(17)22/h2-3,8H,4-7,9H2,1H3,(H2,17,22). The van der Waals surface area contributed by atoms with Gasteiger partial charge in [-0.2, -0.15) is 0 Å². The molecule has 1 saturated heterocycles. The Balaban J connectivity index is 1.66. The van der Waals surface area contributed by atoms with Crippen LogP contribution in [0.25, 0.3) is 0 Å². The van der Waals surface area contributed by atoms with Gasteiger partial charge in [0.2, 0.25) is 0 Å². The third-order valence-corrected chi connectivity index (χ3v) is 4.69. The van der Waals surface area contributed by atoms with Crippen molar-refractivity contribution in [2.24, 2.45) is 5.73 Å². The van der Waals surface area contributed by atoms with Crippen molar-refractivity contribution in [1.82, 2.24) is 15.1 Å². The van der Waals surface area contributed by atoms with Gasteiger partial charge in [-0.1, -0.05) is 0 Å². The summed E-state index contributed by atoms with van der Waals surface area (Å²) >= 11 is 1.61. The van der Waals surface area contributed by atoms with Crippen molar-refractivity contribution < 1.29 is 9.18 Å². The van der Waals surface area contributed by atoms with Crippen molar-refractivity contribution in [2.45, 2.75) is 13.5 Å². The zero-order valence-electron chi connectivity index (χ0n) is 12.8. The van der Waals surface area contributed by atoms with Gasteiger partial charge in [-0.25, -0.2) is 4.39 Å². The van der Waals surface area contributed by atoms with E-state index < -0.39 is 11.7 Å². The molecule has 2 heterocycles. The second kappa shape index (κ2) is 6.59. The zero-order chi connectivity index (χ0) is 16.4. The van der Waals surface area contributed by atoms with Crippen molar-refractivity contribution in [2.75, 3.05) is 31.1 Å². The van der Waals surface area contributed by atoms with E-state index in [1.54, 1.807) is 17.4 Å². The molecule has 0 unspecified atom stereocenters. The van der Waals surface area contributed by atoms with Crippen LogP contribution in [0.15, 0.2) is 18.2 Å². The van der Waals surface area contributed by atoms with Crippen LogP contribution in [0.1, 0.15) is 20.4 Å². The molecular formula is C15H18FN5OS. The normalized spacial score (nSPS) is 15.8. The predicted molar refractivity (Wildman–Crippen MR) is 87.1 cm³/mol. The highest BCUT2D eigenvalue weighted by atomic mass is 32.1. The summed E-state index contributed by atoms with van der Waals surface area (Å²) in [5, 5.41) is 10.2. The number of rotatable bonds is 4. The predicted octanol–water partition coefficient (Wildman–Crippen LogP) is 1.41. The monoisotopic (exact) mass is 335 g/mol. The van der Waals surface area contributed by atoms with E-state index in [4.69, 9.17) is 5.73 Å². The van der Waals surface area contributed by atoms with E-state index in [0.29, 0.717) is 5.69 Å². The number of carbonyl (C=O) groups excluding carboxylic acids is 1. The third-order valence-electron chi connectivity index (χ3n) is 3.86. The molecule has 23 heavy (non-hydrogen) atoms. The molecular weight excluding hydrogens is 317 g/mol. The smallest absolute Gasteiger partial charge is 0.250 e. The highest BCUT2D eigenvalue weighted by molar-refractivity contribution is 7.11. The van der Waals surface area contributed by atoms with Crippen LogP contribution in [-0.2, 0) is 6.54 Å². The lowest BCUT2D eigenvalue weighted by molar-refractivity contribution is 0.1000. The number of amides is 1. The number of halogens is 1. The number of carbonyl (C=O) groups is 1. The topological polar surface area (TPSA) is 75.3 Å². The van der Waals surface area contributed by atoms with E-state index in [0.717, 1.165) is 42.7 Å². The first-order valence-electron chi connectivity index (χ1n) is 7.38. The van der Waals surface area contributed by atoms with Gasteiger partial charge in [-0.3, -0.25) is 9.69 Å². The summed E-state index contributed by atoms with van der Waals surface area (Å²) in [6.07, 6.45) is 0. The SMILES string of the molecule is Cc1nnc(CN2CCN(c3ccc(F)cc3C(N)=O)CC2)s1. The number of aryl methyl sites for hydroxylation is 1. The number of aromatic nitrogens is 2. The number of hydrogen-bond acceptors (Lipinski definition) is 6. The molecule has 0 atom stereocenters. The molecule has 1 aromatic carbocycles. The van der Waals surface area contributed by atoms with Crippen molar-refractivity contribution in [3.63, 3.8) is 0 Å². The maximum atomic E-state index is 13.3. The van der Waals surface area contributed by atoms with Gasteiger partial charge in [0.15, 0.2) is 0 Å². The van der Waals surface area contributed by atoms with Crippen molar-refractivity contribution in [1.29, 1.82) is 0 Å². The fourth-order valence-electron chi connectivity index (χ4n) is 2.72. The van der Waals surface area contributed by atoms with E-state index in [2.05, 4.69) is 20.0 Å². The number of anilines is 1. The lowest BCUT2D eigenvalue weighted by Crippen LogP contribution is -2.46. The van der Waals surface area contributed by atoms with E-state index in [9.17, 15) is 9.18 Å². The number of piperazine rings is 1. The number of hydrogen-bond donors (Lipinski definition) is 1. The number of nitrogens with zero attached hydrogens (tertiary/aromatic N) is 4. The molecule has 2 aromatic rings. The Bertz CT molecular complexity index is 712. The number of primary amides is 1. The molecule has 6 nitrogen and oxygen atoms in total. The quantitative estimate of drug-likeness (QED) is 0.914. The summed E-state index contributed by atoms with van der Waals surface area (Å²) in [5.74, 6) is -1.06. The zero-order valence-corrected chi connectivity index (χ0v) is 13.6. The Morgan fingerprint density at radius 1 is 1.30 bits per heavy atom. The second-order valence-electron chi connectivity index (χ2n) is 5.50. The van der Waals surface area contributed by atoms with E-state index in [1.807, 2.05) is 6.92 Å². The van der Waals surface area contributed by atoms with Crippen LogP contribution in [0.5, 0.6) is 0 Å². The van der Waals surface area contributed by atoms with Gasteiger partial charge in [0.25, 0.3) is 5.91 Å². The fourth-order valence-corrected chi connectivity index (χ4v) is 3.47. The van der Waals surface area contributed by atoms with Crippen LogP contribution in [0, 0.1) is 12.7 Å². The summed E-state index contributed by atoms with van der Waals surface area (Å²) in [6.45, 7) is 5.92. The lowest BCUT2D eigenvalue weighted by atomic mass is 10.1. The molecule has 1 aromatic heterocycles. The maximum absolute atomic E-state index is 13.3. The Labute approximate surface area is 137 Å². The molecule has 0 radical (unpaired) electrons. The average molecular weight is 335 g/mol. The summed E-state index contributed by atoms with van der Waals surface area (Å²) < 4.78 is 13.3. The first-order valence-corrected chi connectivity index (χ1v) is 8.20. The maximum Gasteiger partial charge on any atom is 0.250 e. The highest BCUT2D eigenvalue weighted by Crippen LogP contribution is 2.23. The van der Waals surface area contributed by atoms with Crippen LogP contribution in [0.2, 0.25) is 0 Å². The molecule has 1 amide bonds.